The number of fused-ring (bicyclic) bond motifs is 2. The molecule has 0 radical (unpaired) electrons. The van der Waals surface area contributed by atoms with Crippen molar-refractivity contribution in [3.8, 4) is 5.75 Å². The number of amides is 1. The molecule has 4 heterocycles. The van der Waals surface area contributed by atoms with Crippen molar-refractivity contribution in [2.75, 3.05) is 25.9 Å². The maximum atomic E-state index is 13.1. The van der Waals surface area contributed by atoms with Gasteiger partial charge in [0.05, 0.1) is 13.5 Å². The van der Waals surface area contributed by atoms with Crippen LogP contribution in [0.4, 0.5) is 5.95 Å². The van der Waals surface area contributed by atoms with E-state index in [1.807, 2.05) is 24.8 Å². The number of piperidine rings is 1. The van der Waals surface area contributed by atoms with Crippen molar-refractivity contribution in [3.05, 3.63) is 46.9 Å². The number of carbonyl (C=O) groups excluding carboxylic acids is 1. The van der Waals surface area contributed by atoms with Crippen LogP contribution in [0.15, 0.2) is 24.4 Å². The van der Waals surface area contributed by atoms with Crippen LogP contribution in [0.1, 0.15) is 41.3 Å². The molecule has 1 amide bonds. The smallest absolute Gasteiger partial charge is 0.254 e. The molecule has 1 saturated heterocycles. The van der Waals surface area contributed by atoms with E-state index in [1.54, 1.807) is 11.6 Å². The molecule has 0 spiro atoms. The predicted molar refractivity (Wildman–Crippen MR) is 122 cm³/mol. The molecule has 166 valence electrons. The maximum absolute atomic E-state index is 13.1. The van der Waals surface area contributed by atoms with Crippen LogP contribution in [-0.4, -0.2) is 55.6 Å². The van der Waals surface area contributed by atoms with Crippen LogP contribution >= 0.6 is 0 Å². The quantitative estimate of drug-likeness (QED) is 0.511. The first-order valence-corrected chi connectivity index (χ1v) is 10.9. The Morgan fingerprint density at radius 2 is 2.03 bits per heavy atom. The molecule has 0 atom stereocenters. The highest BCUT2D eigenvalue weighted by molar-refractivity contribution is 5.85. The Balaban J connectivity index is 1.30. The van der Waals surface area contributed by atoms with E-state index in [-0.39, 0.29) is 11.9 Å². The van der Waals surface area contributed by atoms with E-state index in [2.05, 4.69) is 38.4 Å². The standard InChI is InChI=1S/C23H27N7O2/c1-13-17(14(2)30-23(26-13)27-22(24)28-30)11-21(31)29-8-6-15(7-9-29)19-12-25-20-5-4-16(32-3)10-18(19)20/h4-5,10,12,15,25H,6-9,11H2,1-3H3,(H2,24,28). The molecule has 3 aromatic heterocycles. The second-order valence-electron chi connectivity index (χ2n) is 8.43. The number of nitrogens with two attached hydrogens (primary N) is 1. The highest BCUT2D eigenvalue weighted by Crippen LogP contribution is 2.35. The zero-order chi connectivity index (χ0) is 22.4. The van der Waals surface area contributed by atoms with Gasteiger partial charge in [-0.05, 0) is 56.4 Å². The lowest BCUT2D eigenvalue weighted by atomic mass is 9.89. The van der Waals surface area contributed by atoms with Gasteiger partial charge in [0.25, 0.3) is 5.78 Å². The molecule has 1 aromatic carbocycles. The van der Waals surface area contributed by atoms with E-state index < -0.39 is 0 Å². The summed E-state index contributed by atoms with van der Waals surface area (Å²) in [6.45, 7) is 5.31. The molecule has 1 aliphatic rings. The molecule has 0 aliphatic carbocycles. The molecule has 0 bridgehead atoms. The lowest BCUT2D eigenvalue weighted by Gasteiger charge is -2.32. The fourth-order valence-corrected chi connectivity index (χ4v) is 4.77. The topological polar surface area (TPSA) is 114 Å². The number of benzene rings is 1. The van der Waals surface area contributed by atoms with E-state index >= 15 is 0 Å². The van der Waals surface area contributed by atoms with Gasteiger partial charge in [-0.3, -0.25) is 4.79 Å². The highest BCUT2D eigenvalue weighted by atomic mass is 16.5. The van der Waals surface area contributed by atoms with E-state index in [0.717, 1.165) is 54.1 Å². The van der Waals surface area contributed by atoms with Crippen LogP contribution in [0, 0.1) is 13.8 Å². The number of aromatic amines is 1. The molecular weight excluding hydrogens is 406 g/mol. The average molecular weight is 434 g/mol. The number of methoxy groups -OCH3 is 1. The third kappa shape index (κ3) is 3.43. The number of H-pyrrole nitrogens is 1. The Morgan fingerprint density at radius 1 is 1.25 bits per heavy atom. The summed E-state index contributed by atoms with van der Waals surface area (Å²) in [6.07, 6.45) is 4.27. The molecule has 5 rings (SSSR count). The molecule has 9 heteroatoms. The minimum atomic E-state index is 0.115. The molecular formula is C23H27N7O2. The third-order valence-electron chi connectivity index (χ3n) is 6.60. The van der Waals surface area contributed by atoms with Crippen molar-refractivity contribution >= 4 is 28.5 Å². The van der Waals surface area contributed by atoms with Gasteiger partial charge < -0.3 is 20.4 Å². The van der Waals surface area contributed by atoms with Gasteiger partial charge in [-0.1, -0.05) is 0 Å². The molecule has 3 N–H and O–H groups in total. The van der Waals surface area contributed by atoms with Crippen LogP contribution in [0.5, 0.6) is 5.75 Å². The lowest BCUT2D eigenvalue weighted by molar-refractivity contribution is -0.131. The Labute approximate surface area is 185 Å². The Morgan fingerprint density at radius 3 is 2.78 bits per heavy atom. The maximum Gasteiger partial charge on any atom is 0.254 e. The number of likely N-dealkylation sites (tertiary alicyclic amines) is 1. The summed E-state index contributed by atoms with van der Waals surface area (Å²) >= 11 is 0. The highest BCUT2D eigenvalue weighted by Gasteiger charge is 2.26. The molecule has 32 heavy (non-hydrogen) atoms. The number of carbonyl (C=O) groups is 1. The summed E-state index contributed by atoms with van der Waals surface area (Å²) in [7, 11) is 1.69. The van der Waals surface area contributed by atoms with E-state index in [9.17, 15) is 4.79 Å². The Kier molecular flexibility index (Phi) is 4.96. The van der Waals surface area contributed by atoms with Crippen LogP contribution < -0.4 is 10.5 Å². The number of nitrogens with zero attached hydrogens (tertiary/aromatic N) is 5. The number of rotatable bonds is 4. The van der Waals surface area contributed by atoms with Crippen molar-refractivity contribution in [1.82, 2.24) is 29.5 Å². The fourth-order valence-electron chi connectivity index (χ4n) is 4.77. The Bertz CT molecular complexity index is 1320. The van der Waals surface area contributed by atoms with Gasteiger partial charge in [-0.25, -0.2) is 4.98 Å². The van der Waals surface area contributed by atoms with Crippen molar-refractivity contribution < 1.29 is 9.53 Å². The van der Waals surface area contributed by atoms with Gasteiger partial charge in [0.15, 0.2) is 0 Å². The summed E-state index contributed by atoms with van der Waals surface area (Å²) < 4.78 is 7.01. The number of anilines is 1. The second-order valence-corrected chi connectivity index (χ2v) is 8.43. The largest absolute Gasteiger partial charge is 0.497 e. The van der Waals surface area contributed by atoms with Crippen LogP contribution in [0.2, 0.25) is 0 Å². The number of aromatic nitrogens is 5. The molecule has 0 unspecified atom stereocenters. The zero-order valence-electron chi connectivity index (χ0n) is 18.6. The van der Waals surface area contributed by atoms with Gasteiger partial charge in [0.1, 0.15) is 5.75 Å². The monoisotopic (exact) mass is 433 g/mol. The summed E-state index contributed by atoms with van der Waals surface area (Å²) in [4.78, 5) is 27.0. The van der Waals surface area contributed by atoms with Crippen molar-refractivity contribution in [1.29, 1.82) is 0 Å². The lowest BCUT2D eigenvalue weighted by Crippen LogP contribution is -2.39. The molecule has 9 nitrogen and oxygen atoms in total. The fraction of sp³-hybridized carbons (Fsp3) is 0.391. The second kappa shape index (κ2) is 7.81. The van der Waals surface area contributed by atoms with E-state index in [1.165, 1.54) is 10.9 Å². The number of hydrogen-bond acceptors (Lipinski definition) is 6. The third-order valence-corrected chi connectivity index (χ3v) is 6.60. The van der Waals surface area contributed by atoms with Crippen LogP contribution in [0.3, 0.4) is 0 Å². The summed E-state index contributed by atoms with van der Waals surface area (Å²) in [5.74, 6) is 2.03. The molecule has 4 aromatic rings. The molecule has 1 aliphatic heterocycles. The number of nitrogens with one attached hydrogen (secondary N) is 1. The first-order chi connectivity index (χ1) is 15.4. The van der Waals surface area contributed by atoms with Gasteiger partial charge >= 0.3 is 0 Å². The molecule has 0 saturated carbocycles. The van der Waals surface area contributed by atoms with Crippen molar-refractivity contribution in [2.24, 2.45) is 0 Å². The summed E-state index contributed by atoms with van der Waals surface area (Å²) in [5.41, 5.74) is 10.7. The SMILES string of the molecule is COc1ccc2[nH]cc(C3CCN(C(=O)Cc4c(C)nc5nc(N)nn5c4C)CC3)c2c1. The number of ether oxygens (including phenoxy) is 1. The normalized spacial score (nSPS) is 15.0. The summed E-state index contributed by atoms with van der Waals surface area (Å²) in [5, 5.41) is 5.39. The van der Waals surface area contributed by atoms with Crippen molar-refractivity contribution in [2.45, 2.75) is 39.0 Å². The van der Waals surface area contributed by atoms with Gasteiger partial charge in [0, 0.05) is 47.1 Å². The van der Waals surface area contributed by atoms with E-state index in [0.29, 0.717) is 18.1 Å². The van der Waals surface area contributed by atoms with Gasteiger partial charge in [-0.15, -0.1) is 5.10 Å². The minimum Gasteiger partial charge on any atom is -0.497 e. The summed E-state index contributed by atoms with van der Waals surface area (Å²) in [6, 6.07) is 6.10. The minimum absolute atomic E-state index is 0.115. The molecule has 1 fully saturated rings. The average Bonchev–Trinajstić information content (AvgIpc) is 3.39. The predicted octanol–water partition coefficient (Wildman–Crippen LogP) is 2.76. The van der Waals surface area contributed by atoms with Gasteiger partial charge in [-0.2, -0.15) is 9.50 Å². The van der Waals surface area contributed by atoms with Gasteiger partial charge in [0.2, 0.25) is 11.9 Å². The van der Waals surface area contributed by atoms with Crippen LogP contribution in [0.25, 0.3) is 16.7 Å². The van der Waals surface area contributed by atoms with E-state index in [4.69, 9.17) is 10.5 Å². The first kappa shape index (κ1) is 20.3. The number of hydrogen-bond donors (Lipinski definition) is 2. The Hall–Kier alpha value is -3.62. The first-order valence-electron chi connectivity index (χ1n) is 10.9. The van der Waals surface area contributed by atoms with Crippen molar-refractivity contribution in [3.63, 3.8) is 0 Å². The number of nitrogen functional groups attached to an aromatic ring is 1. The van der Waals surface area contributed by atoms with Crippen LogP contribution in [-0.2, 0) is 11.2 Å². The zero-order valence-corrected chi connectivity index (χ0v) is 18.6. The number of aryl methyl sites for hydroxylation is 2.